The molecule has 1 aliphatic heterocycles. The third kappa shape index (κ3) is 17.2. The molecule has 12 nitrogen and oxygen atoms in total. The molecule has 300 valence electrons. The van der Waals surface area contributed by atoms with E-state index in [-0.39, 0.29) is 31.8 Å². The monoisotopic (exact) mass is 754 g/mol. The fraction of sp³-hybridized carbons (Fsp3) is 0.872. The number of hydrogen-bond donors (Lipinski definition) is 1. The van der Waals surface area contributed by atoms with Crippen LogP contribution in [-0.2, 0) is 23.4 Å². The van der Waals surface area contributed by atoms with E-state index in [0.29, 0.717) is 0 Å². The highest BCUT2D eigenvalue weighted by atomic mass is 31.2. The number of ether oxygens (including phenoxy) is 2. The standard InChI is InChI=1S/C39H72N5O7P/c1-9-11-13-15-17-19-21-23-27-42(28-24-22-20-18-16-14-12-10-2)48-31-34-36(51-52(49-30-26-40-7)44(32(3)4)33(5)6)37(47-8)38(50-34)43-29-25-35(45)41-39(43)46/h25,29,32-34,36-38H,9-24,26-28,30-31H2,1-6,8H3,(H,41,45,46)/t34-,36?,37+,38-,52?/m1/s1. The molecule has 5 atom stereocenters. The van der Waals surface area contributed by atoms with Gasteiger partial charge < -0.3 is 23.4 Å². The number of aromatic nitrogens is 2. The molecule has 0 aromatic carbocycles. The zero-order valence-electron chi connectivity index (χ0n) is 33.6. The average Bonchev–Trinajstić information content (AvgIpc) is 3.45. The molecule has 0 aliphatic carbocycles. The smallest absolute Gasteiger partial charge is 0.330 e. The molecular weight excluding hydrogens is 681 g/mol. The van der Waals surface area contributed by atoms with Crippen molar-refractivity contribution in [2.24, 2.45) is 0 Å². The summed E-state index contributed by atoms with van der Waals surface area (Å²) in [4.78, 5) is 37.3. The van der Waals surface area contributed by atoms with Crippen LogP contribution in [0.1, 0.15) is 151 Å². The summed E-state index contributed by atoms with van der Waals surface area (Å²) in [5, 5.41) is 2.10. The van der Waals surface area contributed by atoms with Crippen LogP contribution in [0.4, 0.5) is 0 Å². The maximum absolute atomic E-state index is 13.0. The molecule has 1 aliphatic rings. The summed E-state index contributed by atoms with van der Waals surface area (Å²) >= 11 is 0. The zero-order chi connectivity index (χ0) is 38.1. The van der Waals surface area contributed by atoms with E-state index >= 15 is 0 Å². The van der Waals surface area contributed by atoms with E-state index in [1.54, 1.807) is 7.11 Å². The van der Waals surface area contributed by atoms with Gasteiger partial charge in [-0.15, -0.1) is 0 Å². The van der Waals surface area contributed by atoms with Gasteiger partial charge in [-0.2, -0.15) is 5.06 Å². The summed E-state index contributed by atoms with van der Waals surface area (Å²) in [6.45, 7) is 22.5. The molecule has 2 unspecified atom stereocenters. The van der Waals surface area contributed by atoms with Crippen LogP contribution < -0.4 is 11.2 Å². The largest absolute Gasteiger partial charge is 0.374 e. The van der Waals surface area contributed by atoms with Crippen LogP contribution in [0.5, 0.6) is 0 Å². The minimum absolute atomic E-state index is 0.100. The lowest BCUT2D eigenvalue weighted by Crippen LogP contribution is -2.42. The van der Waals surface area contributed by atoms with Crippen LogP contribution >= 0.6 is 8.53 Å². The molecule has 2 heterocycles. The van der Waals surface area contributed by atoms with Gasteiger partial charge in [-0.05, 0) is 40.5 Å². The SMILES string of the molecule is [C-]#[N+]CCOP(OC1[C@@H](CON(CCCCCCCCCC)CCCCCCCCCC)O[C@@H](n2ccc(=O)[nH]c2=O)[C@H]1OC)N(C(C)C)C(C)C. The Hall–Kier alpha value is -1.68. The van der Waals surface area contributed by atoms with E-state index in [9.17, 15) is 9.59 Å². The molecule has 52 heavy (non-hydrogen) atoms. The maximum atomic E-state index is 13.0. The van der Waals surface area contributed by atoms with Crippen molar-refractivity contribution < 1.29 is 23.4 Å². The number of H-pyrrole nitrogens is 1. The van der Waals surface area contributed by atoms with Crippen LogP contribution in [0.3, 0.4) is 0 Å². The van der Waals surface area contributed by atoms with Gasteiger partial charge in [0.05, 0.1) is 6.61 Å². The van der Waals surface area contributed by atoms with Crippen molar-refractivity contribution in [1.82, 2.24) is 19.3 Å². The molecule has 0 spiro atoms. The first-order valence-corrected chi connectivity index (χ1v) is 21.4. The summed E-state index contributed by atoms with van der Waals surface area (Å²) in [5.74, 6) is 0. The van der Waals surface area contributed by atoms with Gasteiger partial charge in [0.15, 0.2) is 6.23 Å². The number of aromatic amines is 1. The Morgan fingerprint density at radius 1 is 0.865 bits per heavy atom. The van der Waals surface area contributed by atoms with E-state index in [1.807, 2.05) is 0 Å². The first-order valence-electron chi connectivity index (χ1n) is 20.3. The normalized spacial score (nSPS) is 19.7. The average molecular weight is 754 g/mol. The topological polar surface area (TPSA) is 112 Å². The van der Waals surface area contributed by atoms with Crippen LogP contribution in [0.15, 0.2) is 21.9 Å². The molecule has 0 bridgehead atoms. The number of nitrogens with one attached hydrogen (secondary N) is 1. The second-order valence-corrected chi connectivity index (χ2v) is 16.0. The van der Waals surface area contributed by atoms with Gasteiger partial charge in [0.25, 0.3) is 14.1 Å². The van der Waals surface area contributed by atoms with Crippen LogP contribution in [0.2, 0.25) is 0 Å². The Balaban J connectivity index is 2.26. The van der Waals surface area contributed by atoms with Gasteiger partial charge >= 0.3 is 5.69 Å². The summed E-state index contributed by atoms with van der Waals surface area (Å²) in [6.07, 6.45) is 18.5. The summed E-state index contributed by atoms with van der Waals surface area (Å²) < 4.78 is 29.2. The molecule has 1 saturated heterocycles. The van der Waals surface area contributed by atoms with E-state index in [2.05, 4.69) is 61.1 Å². The maximum Gasteiger partial charge on any atom is 0.330 e. The van der Waals surface area contributed by atoms with Crippen molar-refractivity contribution >= 4 is 8.53 Å². The van der Waals surface area contributed by atoms with Gasteiger partial charge in [-0.3, -0.25) is 19.2 Å². The van der Waals surface area contributed by atoms with E-state index < -0.39 is 44.3 Å². The fourth-order valence-corrected chi connectivity index (χ4v) is 8.49. The molecule has 1 N–H and O–H groups in total. The Kier molecular flexibility index (Phi) is 24.9. The van der Waals surface area contributed by atoms with E-state index in [1.165, 1.54) is 107 Å². The first kappa shape index (κ1) is 46.5. The van der Waals surface area contributed by atoms with Gasteiger partial charge in [0.1, 0.15) is 24.9 Å². The Morgan fingerprint density at radius 3 is 1.88 bits per heavy atom. The number of methoxy groups -OCH3 is 1. The summed E-state index contributed by atoms with van der Waals surface area (Å²) in [7, 11) is -0.0667. The minimum atomic E-state index is -1.64. The Bertz CT molecular complexity index is 1180. The van der Waals surface area contributed by atoms with Crippen molar-refractivity contribution in [3.63, 3.8) is 0 Å². The van der Waals surface area contributed by atoms with Gasteiger partial charge in [0.2, 0.25) is 6.54 Å². The van der Waals surface area contributed by atoms with E-state index in [0.717, 1.165) is 25.9 Å². The quantitative estimate of drug-likeness (QED) is 0.0345. The van der Waals surface area contributed by atoms with Gasteiger partial charge in [-0.25, -0.2) is 16.0 Å². The number of nitrogens with zero attached hydrogens (tertiary/aromatic N) is 4. The summed E-state index contributed by atoms with van der Waals surface area (Å²) in [6, 6.07) is 1.50. The van der Waals surface area contributed by atoms with Crippen LogP contribution in [0.25, 0.3) is 4.85 Å². The van der Waals surface area contributed by atoms with Gasteiger partial charge in [-0.1, -0.05) is 104 Å². The molecule has 1 fully saturated rings. The van der Waals surface area contributed by atoms with Crippen LogP contribution in [-0.4, -0.2) is 89.6 Å². The molecule has 1 aromatic rings. The molecule has 0 radical (unpaired) electrons. The number of rotatable bonds is 31. The fourth-order valence-electron chi connectivity index (χ4n) is 6.73. The number of unbranched alkanes of at least 4 members (excludes halogenated alkanes) is 14. The molecule has 2 rings (SSSR count). The molecule has 13 heteroatoms. The third-order valence-corrected chi connectivity index (χ3v) is 11.6. The lowest BCUT2D eigenvalue weighted by Gasteiger charge is -2.38. The van der Waals surface area contributed by atoms with Crippen molar-refractivity contribution in [2.45, 2.75) is 181 Å². The molecular formula is C39H72N5O7P. The highest BCUT2D eigenvalue weighted by molar-refractivity contribution is 7.44. The predicted octanol–water partition coefficient (Wildman–Crippen LogP) is 8.63. The highest BCUT2D eigenvalue weighted by Crippen LogP contribution is 2.50. The van der Waals surface area contributed by atoms with E-state index in [4.69, 9.17) is 29.9 Å². The zero-order valence-corrected chi connectivity index (χ0v) is 34.5. The van der Waals surface area contributed by atoms with Crippen molar-refractivity contribution in [3.05, 3.63) is 44.5 Å². The highest BCUT2D eigenvalue weighted by Gasteiger charge is 2.50. The van der Waals surface area contributed by atoms with Crippen molar-refractivity contribution in [3.8, 4) is 0 Å². The predicted molar refractivity (Wildman–Crippen MR) is 210 cm³/mol. The van der Waals surface area contributed by atoms with Crippen molar-refractivity contribution in [1.29, 1.82) is 0 Å². The molecule has 0 amide bonds. The lowest BCUT2D eigenvalue weighted by atomic mass is 10.1. The number of hydroxylamine groups is 2. The minimum Gasteiger partial charge on any atom is -0.374 e. The molecule has 1 aromatic heterocycles. The second-order valence-electron chi connectivity index (χ2n) is 14.5. The third-order valence-electron chi connectivity index (χ3n) is 9.49. The molecule has 0 saturated carbocycles. The van der Waals surface area contributed by atoms with Crippen LogP contribution in [0, 0.1) is 6.57 Å². The summed E-state index contributed by atoms with van der Waals surface area (Å²) in [5.41, 5.74) is -1.08. The Morgan fingerprint density at radius 2 is 1.40 bits per heavy atom. The second kappa shape index (κ2) is 27.8. The Labute approximate surface area is 316 Å². The van der Waals surface area contributed by atoms with Crippen molar-refractivity contribution in [2.75, 3.05) is 40.0 Å². The first-order chi connectivity index (χ1) is 25.2. The van der Waals surface area contributed by atoms with Gasteiger partial charge in [0, 0.05) is 44.5 Å². The number of hydrogen-bond acceptors (Lipinski definition) is 9. The lowest BCUT2D eigenvalue weighted by molar-refractivity contribution is -0.193.